The summed E-state index contributed by atoms with van der Waals surface area (Å²) >= 11 is 6.29. The van der Waals surface area contributed by atoms with E-state index in [2.05, 4.69) is 22.5 Å². The van der Waals surface area contributed by atoms with Gasteiger partial charge in [-0.2, -0.15) is 0 Å². The maximum Gasteiger partial charge on any atom is 0.144 e. The van der Waals surface area contributed by atoms with E-state index in [9.17, 15) is 0 Å². The lowest BCUT2D eigenvalue weighted by Gasteiger charge is -2.10. The van der Waals surface area contributed by atoms with Crippen molar-refractivity contribution in [2.75, 3.05) is 5.73 Å². The van der Waals surface area contributed by atoms with E-state index in [1.807, 2.05) is 36.4 Å². The van der Waals surface area contributed by atoms with Crippen molar-refractivity contribution >= 4 is 28.3 Å². The van der Waals surface area contributed by atoms with Gasteiger partial charge >= 0.3 is 0 Å². The van der Waals surface area contributed by atoms with E-state index in [1.54, 1.807) is 0 Å². The van der Waals surface area contributed by atoms with Crippen LogP contribution in [0.1, 0.15) is 6.92 Å². The summed E-state index contributed by atoms with van der Waals surface area (Å²) in [6.45, 7) is 2.91. The Kier molecular flexibility index (Phi) is 2.91. The van der Waals surface area contributed by atoms with Crippen molar-refractivity contribution in [1.82, 2.24) is 9.55 Å². The Morgan fingerprint density at radius 2 is 1.95 bits per heavy atom. The van der Waals surface area contributed by atoms with Crippen molar-refractivity contribution in [2.45, 2.75) is 13.5 Å². The van der Waals surface area contributed by atoms with Crippen LogP contribution < -0.4 is 5.73 Å². The smallest absolute Gasteiger partial charge is 0.144 e. The third-order valence-corrected chi connectivity index (χ3v) is 3.56. The van der Waals surface area contributed by atoms with Gasteiger partial charge in [-0.25, -0.2) is 4.98 Å². The fourth-order valence-corrected chi connectivity index (χ4v) is 2.63. The molecule has 0 unspecified atom stereocenters. The molecule has 96 valence electrons. The zero-order valence-corrected chi connectivity index (χ0v) is 11.4. The molecular formula is C15H14ClN3. The molecule has 0 aliphatic rings. The lowest BCUT2D eigenvalue weighted by Crippen LogP contribution is -2.00. The molecule has 3 rings (SSSR count). The predicted molar refractivity (Wildman–Crippen MR) is 80.3 cm³/mol. The van der Waals surface area contributed by atoms with Gasteiger partial charge in [-0.3, -0.25) is 0 Å². The number of nitrogens with zero attached hydrogens (tertiary/aromatic N) is 2. The van der Waals surface area contributed by atoms with Crippen LogP contribution in [-0.4, -0.2) is 9.55 Å². The van der Waals surface area contributed by atoms with Crippen LogP contribution in [0.15, 0.2) is 42.5 Å². The average molecular weight is 272 g/mol. The lowest BCUT2D eigenvalue weighted by molar-refractivity contribution is 0.796. The zero-order chi connectivity index (χ0) is 13.4. The van der Waals surface area contributed by atoms with Crippen molar-refractivity contribution in [3.8, 4) is 11.4 Å². The van der Waals surface area contributed by atoms with E-state index < -0.39 is 0 Å². The first-order valence-corrected chi connectivity index (χ1v) is 6.59. The van der Waals surface area contributed by atoms with E-state index in [0.717, 1.165) is 29.0 Å². The summed E-state index contributed by atoms with van der Waals surface area (Å²) in [5.74, 6) is 0.826. The molecule has 4 heteroatoms. The van der Waals surface area contributed by atoms with Crippen LogP contribution in [0.4, 0.5) is 5.69 Å². The summed E-state index contributed by atoms with van der Waals surface area (Å²) in [5, 5.41) is 0.630. The number of rotatable bonds is 2. The normalized spacial score (nSPS) is 11.1. The Balaban J connectivity index is 2.37. The molecule has 1 aromatic heterocycles. The number of aryl methyl sites for hydroxylation is 1. The first-order chi connectivity index (χ1) is 9.22. The van der Waals surface area contributed by atoms with Crippen LogP contribution in [0.5, 0.6) is 0 Å². The molecule has 0 saturated heterocycles. The molecule has 0 fully saturated rings. The van der Waals surface area contributed by atoms with Crippen LogP contribution >= 0.6 is 11.6 Å². The predicted octanol–water partition coefficient (Wildman–Crippen LogP) is 3.96. The summed E-state index contributed by atoms with van der Waals surface area (Å²) in [5.41, 5.74) is 9.57. The highest BCUT2D eigenvalue weighted by molar-refractivity contribution is 6.33. The second kappa shape index (κ2) is 4.59. The number of fused-ring (bicyclic) bond motifs is 1. The molecular weight excluding hydrogens is 258 g/mol. The van der Waals surface area contributed by atoms with Crippen LogP contribution in [0, 0.1) is 0 Å². The highest BCUT2D eigenvalue weighted by atomic mass is 35.5. The standard InChI is InChI=1S/C15H14ClN3/c1-2-19-13-9-4-3-8-12(13)18-15(19)14-10(16)6-5-7-11(14)17/h3-9H,2,17H2,1H3. The average Bonchev–Trinajstić information content (AvgIpc) is 2.76. The van der Waals surface area contributed by atoms with Gasteiger partial charge in [-0.05, 0) is 31.2 Å². The number of anilines is 1. The van der Waals surface area contributed by atoms with Crippen molar-refractivity contribution in [3.05, 3.63) is 47.5 Å². The minimum atomic E-state index is 0.630. The fourth-order valence-electron chi connectivity index (χ4n) is 2.36. The van der Waals surface area contributed by atoms with Crippen molar-refractivity contribution in [2.24, 2.45) is 0 Å². The van der Waals surface area contributed by atoms with E-state index in [-0.39, 0.29) is 0 Å². The number of hydrogen-bond acceptors (Lipinski definition) is 2. The van der Waals surface area contributed by atoms with Crippen LogP contribution in [0.3, 0.4) is 0 Å². The SMILES string of the molecule is CCn1c(-c2c(N)cccc2Cl)nc2ccccc21. The minimum absolute atomic E-state index is 0.630. The molecule has 0 spiro atoms. The van der Waals surface area contributed by atoms with Crippen molar-refractivity contribution in [3.63, 3.8) is 0 Å². The van der Waals surface area contributed by atoms with Crippen molar-refractivity contribution < 1.29 is 0 Å². The summed E-state index contributed by atoms with van der Waals surface area (Å²) in [4.78, 5) is 4.67. The monoisotopic (exact) mass is 271 g/mol. The molecule has 0 amide bonds. The van der Waals surface area contributed by atoms with E-state index in [1.165, 1.54) is 0 Å². The zero-order valence-electron chi connectivity index (χ0n) is 10.6. The van der Waals surface area contributed by atoms with Crippen LogP contribution in [0.25, 0.3) is 22.4 Å². The largest absolute Gasteiger partial charge is 0.398 e. The number of halogens is 1. The van der Waals surface area contributed by atoms with Crippen LogP contribution in [-0.2, 0) is 6.54 Å². The molecule has 3 aromatic rings. The third kappa shape index (κ3) is 1.87. The van der Waals surface area contributed by atoms with Gasteiger partial charge in [-0.15, -0.1) is 0 Å². The number of benzene rings is 2. The van der Waals surface area contributed by atoms with Gasteiger partial charge in [-0.1, -0.05) is 29.8 Å². The summed E-state index contributed by atoms with van der Waals surface area (Å²) < 4.78 is 2.13. The Bertz CT molecular complexity index is 726. The second-order valence-electron chi connectivity index (χ2n) is 4.37. The molecule has 0 radical (unpaired) electrons. The maximum atomic E-state index is 6.29. The van der Waals surface area contributed by atoms with Gasteiger partial charge in [0.2, 0.25) is 0 Å². The van der Waals surface area contributed by atoms with Gasteiger partial charge in [0.25, 0.3) is 0 Å². The van der Waals surface area contributed by atoms with Gasteiger partial charge in [0.05, 0.1) is 21.6 Å². The molecule has 19 heavy (non-hydrogen) atoms. The Morgan fingerprint density at radius 3 is 2.68 bits per heavy atom. The highest BCUT2D eigenvalue weighted by Crippen LogP contribution is 2.34. The Morgan fingerprint density at radius 1 is 1.16 bits per heavy atom. The number of para-hydroxylation sites is 2. The third-order valence-electron chi connectivity index (χ3n) is 3.24. The molecule has 0 saturated carbocycles. The number of hydrogen-bond donors (Lipinski definition) is 1. The number of nitrogen functional groups attached to an aromatic ring is 1. The van der Waals surface area contributed by atoms with E-state index in [0.29, 0.717) is 10.7 Å². The fraction of sp³-hybridized carbons (Fsp3) is 0.133. The summed E-state index contributed by atoms with van der Waals surface area (Å²) in [6, 6.07) is 13.6. The Labute approximate surface area is 116 Å². The maximum absolute atomic E-state index is 6.29. The van der Waals surface area contributed by atoms with E-state index >= 15 is 0 Å². The molecule has 0 bridgehead atoms. The topological polar surface area (TPSA) is 43.8 Å². The molecule has 2 N–H and O–H groups in total. The van der Waals surface area contributed by atoms with Gasteiger partial charge in [0.15, 0.2) is 0 Å². The molecule has 0 atom stereocenters. The van der Waals surface area contributed by atoms with Gasteiger partial charge in [0, 0.05) is 12.2 Å². The highest BCUT2D eigenvalue weighted by Gasteiger charge is 2.16. The minimum Gasteiger partial charge on any atom is -0.398 e. The summed E-state index contributed by atoms with van der Waals surface area (Å²) in [7, 11) is 0. The first kappa shape index (κ1) is 12.1. The van der Waals surface area contributed by atoms with Crippen molar-refractivity contribution in [1.29, 1.82) is 0 Å². The molecule has 0 aliphatic heterocycles. The molecule has 3 nitrogen and oxygen atoms in total. The van der Waals surface area contributed by atoms with Crippen LogP contribution in [0.2, 0.25) is 5.02 Å². The first-order valence-electron chi connectivity index (χ1n) is 6.22. The lowest BCUT2D eigenvalue weighted by atomic mass is 10.1. The Hall–Kier alpha value is -2.00. The molecule has 1 heterocycles. The molecule has 2 aromatic carbocycles. The number of aromatic nitrogens is 2. The summed E-state index contributed by atoms with van der Waals surface area (Å²) in [6.07, 6.45) is 0. The number of imidazole rings is 1. The second-order valence-corrected chi connectivity index (χ2v) is 4.78. The quantitative estimate of drug-likeness (QED) is 0.717. The molecule has 0 aliphatic carbocycles. The van der Waals surface area contributed by atoms with Gasteiger partial charge < -0.3 is 10.3 Å². The van der Waals surface area contributed by atoms with E-state index in [4.69, 9.17) is 17.3 Å². The number of nitrogens with two attached hydrogens (primary N) is 1. The van der Waals surface area contributed by atoms with Gasteiger partial charge in [0.1, 0.15) is 5.82 Å².